The van der Waals surface area contributed by atoms with Crippen molar-refractivity contribution in [3.63, 3.8) is 0 Å². The highest BCUT2D eigenvalue weighted by Gasteiger charge is 1.85. The smallest absolute Gasteiger partial charge is 0.364 e. The lowest BCUT2D eigenvalue weighted by Gasteiger charge is -1.91. The summed E-state index contributed by atoms with van der Waals surface area (Å²) in [6, 6.07) is 0. The maximum absolute atomic E-state index is 9.40. The molecule has 0 unspecified atom stereocenters. The molecule has 0 heterocycles. The van der Waals surface area contributed by atoms with Crippen molar-refractivity contribution in [2.45, 2.75) is 20.3 Å². The zero-order valence-electron chi connectivity index (χ0n) is 5.60. The molecular formula is C7H9O2. The van der Waals surface area contributed by atoms with Crippen molar-refractivity contribution in [1.29, 1.82) is 0 Å². The van der Waals surface area contributed by atoms with E-state index in [9.17, 15) is 4.79 Å². The van der Waals surface area contributed by atoms with Gasteiger partial charge in [-0.2, -0.15) is 0 Å². The number of carbonyl (C=O) groups excluding carboxylic acids is 1. The van der Waals surface area contributed by atoms with E-state index in [0.717, 1.165) is 6.42 Å². The molecule has 0 saturated heterocycles. The molecule has 0 atom stereocenters. The van der Waals surface area contributed by atoms with Crippen LogP contribution in [0.3, 0.4) is 0 Å². The van der Waals surface area contributed by atoms with E-state index in [-0.39, 0.29) is 0 Å². The molecule has 2 heteroatoms. The number of hydrogen-bond donors (Lipinski definition) is 0. The molecule has 1 radical (unpaired) electrons. The van der Waals surface area contributed by atoms with Gasteiger partial charge in [0.15, 0.2) is 0 Å². The summed E-state index contributed by atoms with van der Waals surface area (Å²) < 4.78 is 4.02. The fourth-order valence-electron chi connectivity index (χ4n) is 0.303. The predicted octanol–water partition coefficient (Wildman–Crippen LogP) is 1.08. The van der Waals surface area contributed by atoms with Gasteiger partial charge in [-0.15, -0.1) is 0 Å². The van der Waals surface area contributed by atoms with Crippen LogP contribution in [0.15, 0.2) is 0 Å². The molecule has 0 aromatic rings. The summed E-state index contributed by atoms with van der Waals surface area (Å²) in [7, 11) is 0. The van der Waals surface area contributed by atoms with Gasteiger partial charge in [0.25, 0.3) is 0 Å². The Hall–Kier alpha value is -0.970. The summed E-state index contributed by atoms with van der Waals surface area (Å²) in [5, 5.41) is 0. The standard InChI is InChI=1S/C7H9O2/c1-7(2)4-3-5-9-6-8/h7H,4H2,1-2H3. The third-order valence-electron chi connectivity index (χ3n) is 0.675. The lowest BCUT2D eigenvalue weighted by Crippen LogP contribution is -1.82. The highest BCUT2D eigenvalue weighted by Crippen LogP contribution is 1.95. The lowest BCUT2D eigenvalue weighted by atomic mass is 10.1. The van der Waals surface area contributed by atoms with Crippen molar-refractivity contribution in [3.05, 3.63) is 0 Å². The van der Waals surface area contributed by atoms with Crippen molar-refractivity contribution in [2.75, 3.05) is 0 Å². The molecule has 0 fully saturated rings. The first-order chi connectivity index (χ1) is 4.27. The van der Waals surface area contributed by atoms with Crippen LogP contribution >= 0.6 is 0 Å². The van der Waals surface area contributed by atoms with Crippen LogP contribution in [0.4, 0.5) is 0 Å². The Morgan fingerprint density at radius 3 is 2.67 bits per heavy atom. The summed E-state index contributed by atoms with van der Waals surface area (Å²) >= 11 is 0. The monoisotopic (exact) mass is 125 g/mol. The Morgan fingerprint density at radius 2 is 2.22 bits per heavy atom. The number of rotatable bonds is 2. The molecule has 0 N–H and O–H groups in total. The van der Waals surface area contributed by atoms with Crippen LogP contribution < -0.4 is 0 Å². The number of ether oxygens (including phenoxy) is 1. The second kappa shape index (κ2) is 5.17. The Morgan fingerprint density at radius 1 is 1.56 bits per heavy atom. The highest BCUT2D eigenvalue weighted by atomic mass is 16.5. The van der Waals surface area contributed by atoms with Gasteiger partial charge in [0, 0.05) is 6.42 Å². The summed E-state index contributed by atoms with van der Waals surface area (Å²) in [6.45, 7) is 5.30. The van der Waals surface area contributed by atoms with Gasteiger partial charge in [-0.1, -0.05) is 19.8 Å². The van der Waals surface area contributed by atoms with Crippen LogP contribution in [0, 0.1) is 17.9 Å². The Labute approximate surface area is 55.2 Å². The summed E-state index contributed by atoms with van der Waals surface area (Å²) in [5.74, 6) is 3.17. The molecule has 0 amide bonds. The van der Waals surface area contributed by atoms with E-state index in [4.69, 9.17) is 0 Å². The van der Waals surface area contributed by atoms with Crippen molar-refractivity contribution in [1.82, 2.24) is 0 Å². The maximum Gasteiger partial charge on any atom is 0.432 e. The second-order valence-electron chi connectivity index (χ2n) is 2.06. The minimum Gasteiger partial charge on any atom is -0.364 e. The molecule has 0 saturated carbocycles. The van der Waals surface area contributed by atoms with E-state index in [2.05, 4.69) is 16.8 Å². The average molecular weight is 125 g/mol. The van der Waals surface area contributed by atoms with Crippen LogP contribution in [0.2, 0.25) is 0 Å². The highest BCUT2D eigenvalue weighted by molar-refractivity contribution is 5.40. The molecule has 0 aliphatic rings. The third-order valence-corrected chi connectivity index (χ3v) is 0.675. The largest absolute Gasteiger partial charge is 0.432 e. The van der Waals surface area contributed by atoms with E-state index in [1.807, 2.05) is 13.8 Å². The minimum atomic E-state index is 0.521. The molecule has 0 bridgehead atoms. The summed E-state index contributed by atoms with van der Waals surface area (Å²) in [5.41, 5.74) is 0. The van der Waals surface area contributed by atoms with Gasteiger partial charge in [0.05, 0.1) is 0 Å². The van der Waals surface area contributed by atoms with E-state index in [0.29, 0.717) is 5.92 Å². The molecule has 0 aliphatic heterocycles. The normalized spacial score (nSPS) is 7.89. The third kappa shape index (κ3) is 7.03. The van der Waals surface area contributed by atoms with Gasteiger partial charge in [0.2, 0.25) is 0 Å². The molecule has 0 aliphatic carbocycles. The topological polar surface area (TPSA) is 26.3 Å². The van der Waals surface area contributed by atoms with Gasteiger partial charge >= 0.3 is 6.47 Å². The first-order valence-electron chi connectivity index (χ1n) is 2.78. The van der Waals surface area contributed by atoms with Crippen molar-refractivity contribution in [2.24, 2.45) is 5.92 Å². The SMILES string of the molecule is CC(C)CC#CO[C]=O. The van der Waals surface area contributed by atoms with Crippen LogP contribution in [-0.4, -0.2) is 6.47 Å². The molecule has 49 valence electrons. The van der Waals surface area contributed by atoms with Gasteiger partial charge in [0.1, 0.15) is 6.11 Å². The van der Waals surface area contributed by atoms with Gasteiger partial charge in [-0.25, -0.2) is 4.79 Å². The lowest BCUT2D eigenvalue weighted by molar-refractivity contribution is 0.419. The maximum atomic E-state index is 9.40. The zero-order chi connectivity index (χ0) is 7.11. The Kier molecular flexibility index (Phi) is 4.61. The van der Waals surface area contributed by atoms with E-state index < -0.39 is 0 Å². The van der Waals surface area contributed by atoms with Crippen molar-refractivity contribution >= 4 is 6.47 Å². The van der Waals surface area contributed by atoms with Crippen molar-refractivity contribution in [3.8, 4) is 12.0 Å². The second-order valence-corrected chi connectivity index (χ2v) is 2.06. The summed E-state index contributed by atoms with van der Waals surface area (Å²) in [4.78, 5) is 9.40. The van der Waals surface area contributed by atoms with Crippen LogP contribution in [-0.2, 0) is 9.53 Å². The molecule has 0 aromatic heterocycles. The van der Waals surface area contributed by atoms with Gasteiger partial charge in [-0.05, 0) is 5.92 Å². The van der Waals surface area contributed by atoms with Crippen LogP contribution in [0.1, 0.15) is 20.3 Å². The fraction of sp³-hybridized carbons (Fsp3) is 0.571. The minimum absolute atomic E-state index is 0.521. The molecule has 9 heavy (non-hydrogen) atoms. The zero-order valence-corrected chi connectivity index (χ0v) is 5.60. The first kappa shape index (κ1) is 8.03. The molecular weight excluding hydrogens is 116 g/mol. The van der Waals surface area contributed by atoms with E-state index in [1.54, 1.807) is 0 Å². The van der Waals surface area contributed by atoms with Crippen molar-refractivity contribution < 1.29 is 9.53 Å². The molecule has 2 nitrogen and oxygen atoms in total. The fourth-order valence-corrected chi connectivity index (χ4v) is 0.303. The summed E-state index contributed by atoms with van der Waals surface area (Å²) in [6.07, 6.45) is 2.94. The Balaban J connectivity index is 3.26. The van der Waals surface area contributed by atoms with Crippen LogP contribution in [0.5, 0.6) is 0 Å². The van der Waals surface area contributed by atoms with E-state index in [1.165, 1.54) is 6.47 Å². The average Bonchev–Trinajstić information content (AvgIpc) is 1.80. The molecule has 0 spiro atoms. The van der Waals surface area contributed by atoms with Gasteiger partial charge in [-0.3, -0.25) is 0 Å². The predicted molar refractivity (Wildman–Crippen MR) is 34.0 cm³/mol. The van der Waals surface area contributed by atoms with Gasteiger partial charge < -0.3 is 4.74 Å². The Bertz CT molecular complexity index is 128. The van der Waals surface area contributed by atoms with Crippen LogP contribution in [0.25, 0.3) is 0 Å². The molecule has 0 rings (SSSR count). The first-order valence-corrected chi connectivity index (χ1v) is 2.78. The number of hydrogen-bond acceptors (Lipinski definition) is 2. The van der Waals surface area contributed by atoms with E-state index >= 15 is 0 Å². The quantitative estimate of drug-likeness (QED) is 0.516. The molecule has 0 aromatic carbocycles.